The summed E-state index contributed by atoms with van der Waals surface area (Å²) in [7, 11) is 3.94. The first-order valence-electron chi connectivity index (χ1n) is 7.37. The van der Waals surface area contributed by atoms with Gasteiger partial charge in [0, 0.05) is 13.1 Å². The van der Waals surface area contributed by atoms with E-state index in [0.717, 1.165) is 6.54 Å². The quantitative estimate of drug-likeness (QED) is 0.389. The summed E-state index contributed by atoms with van der Waals surface area (Å²) in [6, 6.07) is 0. The van der Waals surface area contributed by atoms with Crippen LogP contribution in [0.25, 0.3) is 0 Å². The molecule has 124 valence electrons. The maximum Gasteiger partial charge on any atom is 0.319 e. The molecule has 0 bridgehead atoms. The molecule has 21 heavy (non-hydrogen) atoms. The fraction of sp³-hybridized carbons (Fsp3) is 0.867. The van der Waals surface area contributed by atoms with E-state index in [1.807, 2.05) is 39.8 Å². The summed E-state index contributed by atoms with van der Waals surface area (Å²) in [5.41, 5.74) is -0.484. The Balaban J connectivity index is 4.22. The largest absolute Gasteiger partial charge is 0.465 e. The number of carbonyl (C=O) groups is 2. The van der Waals surface area contributed by atoms with Gasteiger partial charge in [-0.25, -0.2) is 0 Å². The van der Waals surface area contributed by atoms with Crippen LogP contribution >= 0.6 is 0 Å². The summed E-state index contributed by atoms with van der Waals surface area (Å²) in [4.78, 5) is 26.1. The Morgan fingerprint density at radius 3 is 2.29 bits per heavy atom. The first-order valence-corrected chi connectivity index (χ1v) is 7.37. The van der Waals surface area contributed by atoms with Gasteiger partial charge in [0.15, 0.2) is 0 Å². The molecule has 0 saturated heterocycles. The van der Waals surface area contributed by atoms with Crippen molar-refractivity contribution in [1.29, 1.82) is 0 Å². The predicted octanol–water partition coefficient (Wildman–Crippen LogP) is 0.906. The summed E-state index contributed by atoms with van der Waals surface area (Å²) in [5, 5.41) is 2.74. The molecule has 1 N–H and O–H groups in total. The highest BCUT2D eigenvalue weighted by molar-refractivity contribution is 5.98. The smallest absolute Gasteiger partial charge is 0.319 e. The number of rotatable bonds is 9. The van der Waals surface area contributed by atoms with Gasteiger partial charge in [-0.05, 0) is 26.4 Å². The third kappa shape index (κ3) is 8.67. The zero-order valence-electron chi connectivity index (χ0n) is 14.2. The van der Waals surface area contributed by atoms with E-state index >= 15 is 0 Å². The minimum Gasteiger partial charge on any atom is -0.465 e. The van der Waals surface area contributed by atoms with E-state index in [1.165, 1.54) is 0 Å². The van der Waals surface area contributed by atoms with Crippen LogP contribution in [-0.2, 0) is 19.1 Å². The minimum atomic E-state index is -0.806. The second kappa shape index (κ2) is 9.73. The normalized spacial score (nSPS) is 13.1. The molecule has 1 amide bonds. The molecular weight excluding hydrogens is 272 g/mol. The van der Waals surface area contributed by atoms with Crippen LogP contribution in [0.2, 0.25) is 0 Å². The van der Waals surface area contributed by atoms with Crippen LogP contribution in [0.5, 0.6) is 0 Å². The summed E-state index contributed by atoms with van der Waals surface area (Å²) in [6.07, 6.45) is 0. The van der Waals surface area contributed by atoms with E-state index in [-0.39, 0.29) is 12.5 Å². The number of carbonyl (C=O) groups excluding carboxylic acids is 2. The number of hydrogen-bond donors (Lipinski definition) is 1. The Kier molecular flexibility index (Phi) is 9.21. The Morgan fingerprint density at radius 1 is 1.19 bits per heavy atom. The van der Waals surface area contributed by atoms with Gasteiger partial charge in [0.2, 0.25) is 5.91 Å². The van der Waals surface area contributed by atoms with E-state index in [4.69, 9.17) is 9.47 Å². The van der Waals surface area contributed by atoms with Gasteiger partial charge >= 0.3 is 5.97 Å². The average molecular weight is 302 g/mol. The van der Waals surface area contributed by atoms with E-state index in [2.05, 4.69) is 5.32 Å². The molecule has 1 unspecified atom stereocenters. The van der Waals surface area contributed by atoms with Gasteiger partial charge in [0.05, 0.1) is 19.8 Å². The highest BCUT2D eigenvalue weighted by Gasteiger charge is 2.38. The van der Waals surface area contributed by atoms with E-state index < -0.39 is 17.3 Å². The molecule has 0 aliphatic rings. The highest BCUT2D eigenvalue weighted by Crippen LogP contribution is 2.27. The van der Waals surface area contributed by atoms with E-state index in [1.54, 1.807) is 6.92 Å². The number of nitrogens with one attached hydrogen (secondary N) is 1. The van der Waals surface area contributed by atoms with E-state index in [0.29, 0.717) is 19.8 Å². The van der Waals surface area contributed by atoms with Crippen LogP contribution < -0.4 is 5.32 Å². The van der Waals surface area contributed by atoms with Crippen LogP contribution in [0.4, 0.5) is 0 Å². The van der Waals surface area contributed by atoms with Crippen molar-refractivity contribution in [3.63, 3.8) is 0 Å². The Labute approximate surface area is 128 Å². The topological polar surface area (TPSA) is 67.9 Å². The van der Waals surface area contributed by atoms with Crippen molar-refractivity contribution in [2.75, 3.05) is 47.0 Å². The van der Waals surface area contributed by atoms with Gasteiger partial charge in [-0.2, -0.15) is 0 Å². The number of likely N-dealkylation sites (N-methyl/N-ethyl adjacent to an activating group) is 1. The summed E-state index contributed by atoms with van der Waals surface area (Å²) >= 11 is 0. The molecule has 6 heteroatoms. The summed E-state index contributed by atoms with van der Waals surface area (Å²) in [6.45, 7) is 9.81. The van der Waals surface area contributed by atoms with Gasteiger partial charge in [-0.1, -0.05) is 20.8 Å². The van der Waals surface area contributed by atoms with Crippen molar-refractivity contribution in [2.24, 2.45) is 11.3 Å². The molecule has 0 spiro atoms. The highest BCUT2D eigenvalue weighted by atomic mass is 16.5. The molecule has 1 atom stereocenters. The van der Waals surface area contributed by atoms with Crippen LogP contribution in [0.15, 0.2) is 0 Å². The first kappa shape index (κ1) is 19.9. The zero-order valence-corrected chi connectivity index (χ0v) is 14.2. The van der Waals surface area contributed by atoms with E-state index in [9.17, 15) is 9.59 Å². The van der Waals surface area contributed by atoms with Gasteiger partial charge < -0.3 is 19.7 Å². The molecule has 0 heterocycles. The molecule has 0 aromatic rings. The molecule has 0 aromatic carbocycles. The Morgan fingerprint density at radius 2 is 1.81 bits per heavy atom. The molecule has 0 rings (SSSR count). The van der Waals surface area contributed by atoms with Crippen molar-refractivity contribution in [3.8, 4) is 0 Å². The third-order valence-electron chi connectivity index (χ3n) is 2.88. The summed E-state index contributed by atoms with van der Waals surface area (Å²) < 4.78 is 10.4. The maximum atomic E-state index is 12.2. The van der Waals surface area contributed by atoms with Crippen molar-refractivity contribution in [2.45, 2.75) is 27.7 Å². The maximum absolute atomic E-state index is 12.2. The lowest BCUT2D eigenvalue weighted by molar-refractivity contribution is -0.156. The lowest BCUT2D eigenvalue weighted by Gasteiger charge is -2.27. The molecule has 6 nitrogen and oxygen atoms in total. The van der Waals surface area contributed by atoms with Gasteiger partial charge in [-0.15, -0.1) is 0 Å². The lowest BCUT2D eigenvalue weighted by Crippen LogP contribution is -2.44. The number of nitrogens with zero attached hydrogens (tertiary/aromatic N) is 1. The molecule has 0 radical (unpaired) electrons. The second-order valence-corrected chi connectivity index (χ2v) is 6.26. The predicted molar refractivity (Wildman–Crippen MR) is 82.0 cm³/mol. The third-order valence-corrected chi connectivity index (χ3v) is 2.88. The van der Waals surface area contributed by atoms with Crippen LogP contribution in [0.1, 0.15) is 27.7 Å². The molecule has 0 aliphatic heterocycles. The van der Waals surface area contributed by atoms with Crippen molar-refractivity contribution in [3.05, 3.63) is 0 Å². The van der Waals surface area contributed by atoms with Crippen molar-refractivity contribution >= 4 is 11.9 Å². The molecule has 0 saturated carbocycles. The fourth-order valence-corrected chi connectivity index (χ4v) is 1.78. The Hall–Kier alpha value is -1.14. The SMILES string of the molecule is CCOC(=O)C(C(=O)NCCOCCN(C)C)C(C)(C)C. The molecular formula is C15H30N2O4. The van der Waals surface area contributed by atoms with Crippen molar-refractivity contribution in [1.82, 2.24) is 10.2 Å². The fourth-order valence-electron chi connectivity index (χ4n) is 1.78. The van der Waals surface area contributed by atoms with Crippen LogP contribution in [0, 0.1) is 11.3 Å². The van der Waals surface area contributed by atoms with Crippen LogP contribution in [-0.4, -0.2) is 63.8 Å². The molecule has 0 aromatic heterocycles. The minimum absolute atomic E-state index is 0.270. The lowest BCUT2D eigenvalue weighted by atomic mass is 9.80. The Bertz CT molecular complexity index is 324. The summed E-state index contributed by atoms with van der Waals surface area (Å²) in [5.74, 6) is -1.59. The standard InChI is InChI=1S/C15H30N2O4/c1-7-21-14(19)12(15(2,3)4)13(18)16-8-10-20-11-9-17(5)6/h12H,7-11H2,1-6H3,(H,16,18). The second-order valence-electron chi connectivity index (χ2n) is 6.26. The zero-order chi connectivity index (χ0) is 16.5. The first-order chi connectivity index (χ1) is 9.70. The van der Waals surface area contributed by atoms with Gasteiger partial charge in [0.25, 0.3) is 0 Å². The van der Waals surface area contributed by atoms with Gasteiger partial charge in [-0.3, -0.25) is 9.59 Å². The number of ether oxygens (including phenoxy) is 2. The average Bonchev–Trinajstić information content (AvgIpc) is 2.31. The van der Waals surface area contributed by atoms with Crippen LogP contribution in [0.3, 0.4) is 0 Å². The van der Waals surface area contributed by atoms with Gasteiger partial charge in [0.1, 0.15) is 5.92 Å². The number of amides is 1. The molecule has 0 aliphatic carbocycles. The van der Waals surface area contributed by atoms with Crippen molar-refractivity contribution < 1.29 is 19.1 Å². The number of esters is 1. The monoisotopic (exact) mass is 302 g/mol. The number of hydrogen-bond acceptors (Lipinski definition) is 5. The molecule has 0 fully saturated rings.